The third kappa shape index (κ3) is 4.64. The normalized spacial score (nSPS) is 19.0. The van der Waals surface area contributed by atoms with E-state index in [4.69, 9.17) is 15.5 Å². The first-order chi connectivity index (χ1) is 18.3. The average molecular weight is 521 g/mol. The maximum atomic E-state index is 13.3. The molecular weight excluding hydrogens is 488 g/mol. The van der Waals surface area contributed by atoms with Crippen molar-refractivity contribution >= 4 is 34.6 Å². The molecule has 1 saturated heterocycles. The fourth-order valence-electron chi connectivity index (χ4n) is 5.54. The summed E-state index contributed by atoms with van der Waals surface area (Å²) in [4.78, 5) is 58.1. The number of nitrogens with zero attached hydrogens (tertiary/aromatic N) is 5. The molecule has 2 N–H and O–H groups in total. The molecule has 4 heterocycles. The van der Waals surface area contributed by atoms with Crippen LogP contribution in [0.1, 0.15) is 31.2 Å². The fraction of sp³-hybridized carbons (Fsp3) is 0.444. The van der Waals surface area contributed by atoms with Crippen molar-refractivity contribution in [3.8, 4) is 0 Å². The molecule has 5 rings (SSSR count). The summed E-state index contributed by atoms with van der Waals surface area (Å²) in [6.07, 6.45) is 3.79. The maximum absolute atomic E-state index is 13.3. The van der Waals surface area contributed by atoms with Crippen LogP contribution >= 0.6 is 0 Å². The summed E-state index contributed by atoms with van der Waals surface area (Å²) in [6, 6.07) is 8.76. The van der Waals surface area contributed by atoms with Gasteiger partial charge < -0.3 is 24.5 Å². The Morgan fingerprint density at radius 2 is 1.97 bits per heavy atom. The Morgan fingerprint density at radius 1 is 1.16 bits per heavy atom. The van der Waals surface area contributed by atoms with Crippen molar-refractivity contribution in [1.82, 2.24) is 19.0 Å². The van der Waals surface area contributed by atoms with Crippen molar-refractivity contribution in [3.63, 3.8) is 0 Å². The van der Waals surface area contributed by atoms with Gasteiger partial charge in [-0.3, -0.25) is 19.3 Å². The smallest absolute Gasteiger partial charge is 0.414 e. The molecule has 2 aromatic heterocycles. The number of hydrogen-bond donors (Lipinski definition) is 1. The van der Waals surface area contributed by atoms with E-state index in [1.54, 1.807) is 32.7 Å². The summed E-state index contributed by atoms with van der Waals surface area (Å²) >= 11 is 0. The van der Waals surface area contributed by atoms with Gasteiger partial charge in [-0.25, -0.2) is 9.78 Å². The minimum Gasteiger partial charge on any atom is -0.452 e. The molecular formula is C27H32N6O5. The van der Waals surface area contributed by atoms with Gasteiger partial charge >= 0.3 is 6.09 Å². The van der Waals surface area contributed by atoms with Gasteiger partial charge in [-0.2, -0.15) is 0 Å². The number of hydrogen-bond acceptors (Lipinski definition) is 6. The van der Waals surface area contributed by atoms with Crippen LogP contribution in [0.3, 0.4) is 0 Å². The summed E-state index contributed by atoms with van der Waals surface area (Å²) in [6.45, 7) is 3.24. The zero-order valence-corrected chi connectivity index (χ0v) is 21.6. The molecule has 200 valence electrons. The molecule has 3 aromatic rings. The molecule has 11 nitrogen and oxygen atoms in total. The number of imidazole rings is 1. The molecule has 0 spiro atoms. The number of methoxy groups -OCH3 is 1. The third-order valence-electron chi connectivity index (χ3n) is 7.68. The van der Waals surface area contributed by atoms with Crippen molar-refractivity contribution in [2.75, 3.05) is 25.1 Å². The van der Waals surface area contributed by atoms with Gasteiger partial charge in [0.25, 0.3) is 5.56 Å². The summed E-state index contributed by atoms with van der Waals surface area (Å²) in [5.74, 6) is -0.167. The Labute approximate surface area is 219 Å². The van der Waals surface area contributed by atoms with Crippen molar-refractivity contribution < 1.29 is 19.1 Å². The highest BCUT2D eigenvalue weighted by molar-refractivity contribution is 5.95. The number of carbonyl (C=O) groups excluding carboxylic acids is 3. The number of aryl methyl sites for hydroxylation is 3. The molecule has 2 aliphatic rings. The summed E-state index contributed by atoms with van der Waals surface area (Å²) in [5.41, 5.74) is 8.57. The van der Waals surface area contributed by atoms with Gasteiger partial charge in [-0.15, -0.1) is 0 Å². The highest BCUT2D eigenvalue weighted by Gasteiger charge is 2.33. The molecule has 0 unspecified atom stereocenters. The molecule has 1 aromatic carbocycles. The first kappa shape index (κ1) is 25.5. The van der Waals surface area contributed by atoms with E-state index in [0.717, 1.165) is 35.1 Å². The van der Waals surface area contributed by atoms with Crippen molar-refractivity contribution in [2.24, 2.45) is 11.7 Å². The van der Waals surface area contributed by atoms with Crippen LogP contribution in [0.2, 0.25) is 0 Å². The number of amides is 3. The average Bonchev–Trinajstić information content (AvgIpc) is 3.53. The molecule has 2 atom stereocenters. The van der Waals surface area contributed by atoms with Gasteiger partial charge in [0.1, 0.15) is 12.4 Å². The van der Waals surface area contributed by atoms with Gasteiger partial charge in [0.15, 0.2) is 0 Å². The van der Waals surface area contributed by atoms with Gasteiger partial charge in [0, 0.05) is 49.9 Å². The quantitative estimate of drug-likeness (QED) is 0.526. The molecule has 0 saturated carbocycles. The Bertz CT molecular complexity index is 1460. The van der Waals surface area contributed by atoms with E-state index in [-0.39, 0.29) is 30.0 Å². The lowest BCUT2D eigenvalue weighted by Gasteiger charge is -2.34. The van der Waals surface area contributed by atoms with E-state index in [1.807, 2.05) is 23.6 Å². The number of fused-ring (bicyclic) bond motifs is 3. The van der Waals surface area contributed by atoms with Crippen LogP contribution in [0.15, 0.2) is 41.3 Å². The van der Waals surface area contributed by atoms with Crippen molar-refractivity contribution in [1.29, 1.82) is 0 Å². The number of primary amides is 1. The van der Waals surface area contributed by atoms with E-state index in [1.165, 1.54) is 13.2 Å². The molecule has 3 amide bonds. The van der Waals surface area contributed by atoms with Crippen molar-refractivity contribution in [2.45, 2.75) is 51.7 Å². The maximum Gasteiger partial charge on any atom is 0.414 e. The van der Waals surface area contributed by atoms with E-state index in [0.29, 0.717) is 38.3 Å². The molecule has 2 aliphatic heterocycles. The minimum atomic E-state index is -0.422. The molecule has 1 fully saturated rings. The van der Waals surface area contributed by atoms with Crippen LogP contribution in [-0.4, -0.2) is 63.2 Å². The number of pyridine rings is 1. The minimum absolute atomic E-state index is 0.0196. The van der Waals surface area contributed by atoms with Crippen LogP contribution in [0.25, 0.3) is 11.0 Å². The highest BCUT2D eigenvalue weighted by Crippen LogP contribution is 2.36. The lowest BCUT2D eigenvalue weighted by Crippen LogP contribution is -2.42. The molecule has 0 bridgehead atoms. The third-order valence-corrected chi connectivity index (χ3v) is 7.68. The molecule has 11 heteroatoms. The Balaban J connectivity index is 1.53. The SMILES string of the molecule is COC(=O)N1c2ccc3c(nc(CCn4ccccc4=O)n3CC(=O)N3CC[C@H](C(N)=O)C3)c2CC[C@@H]1C. The number of likely N-dealkylation sites (tertiary alicyclic amines) is 1. The lowest BCUT2D eigenvalue weighted by atomic mass is 9.96. The fourth-order valence-corrected chi connectivity index (χ4v) is 5.54. The predicted octanol–water partition coefficient (Wildman–Crippen LogP) is 1.68. The number of rotatable bonds is 6. The Morgan fingerprint density at radius 3 is 2.68 bits per heavy atom. The summed E-state index contributed by atoms with van der Waals surface area (Å²) in [7, 11) is 1.37. The van der Waals surface area contributed by atoms with Gasteiger partial charge in [0.05, 0.1) is 29.7 Å². The topological polar surface area (TPSA) is 133 Å². The van der Waals surface area contributed by atoms with E-state index >= 15 is 0 Å². The number of anilines is 1. The van der Waals surface area contributed by atoms with E-state index in [2.05, 4.69) is 0 Å². The van der Waals surface area contributed by atoms with Gasteiger partial charge in [0.2, 0.25) is 11.8 Å². The zero-order valence-electron chi connectivity index (χ0n) is 21.6. The van der Waals surface area contributed by atoms with Crippen LogP contribution in [0.4, 0.5) is 10.5 Å². The van der Waals surface area contributed by atoms with E-state index in [9.17, 15) is 19.2 Å². The highest BCUT2D eigenvalue weighted by atomic mass is 16.5. The molecule has 0 radical (unpaired) electrons. The van der Waals surface area contributed by atoms with Gasteiger partial charge in [-0.1, -0.05) is 6.07 Å². The largest absolute Gasteiger partial charge is 0.452 e. The number of aromatic nitrogens is 3. The summed E-state index contributed by atoms with van der Waals surface area (Å²) < 4.78 is 8.54. The second kappa shape index (κ2) is 10.3. The zero-order chi connectivity index (χ0) is 27.0. The standard InChI is InChI=1S/C27H32N6O5/c1-17-6-7-19-20(33(17)27(37)38-2)8-9-21-25(19)29-22(11-14-30-12-4-3-5-23(30)34)32(21)16-24(35)31-13-10-18(15-31)26(28)36/h3-5,8-9,12,17-18H,6-7,10-11,13-16H2,1-2H3,(H2,28,36)/t17-,18-/m0/s1. The first-order valence-electron chi connectivity index (χ1n) is 12.9. The second-order valence-corrected chi connectivity index (χ2v) is 9.98. The number of benzene rings is 1. The molecule has 0 aliphatic carbocycles. The van der Waals surface area contributed by atoms with Gasteiger partial charge in [-0.05, 0) is 44.4 Å². The predicted molar refractivity (Wildman–Crippen MR) is 141 cm³/mol. The Hall–Kier alpha value is -4.15. The van der Waals surface area contributed by atoms with Crippen LogP contribution < -0.4 is 16.2 Å². The van der Waals surface area contributed by atoms with Crippen molar-refractivity contribution in [3.05, 3.63) is 58.3 Å². The lowest BCUT2D eigenvalue weighted by molar-refractivity contribution is -0.131. The molecule has 38 heavy (non-hydrogen) atoms. The van der Waals surface area contributed by atoms with Crippen LogP contribution in [0.5, 0.6) is 0 Å². The number of carbonyl (C=O) groups is 3. The number of nitrogens with two attached hydrogens (primary N) is 1. The van der Waals surface area contributed by atoms with Crippen LogP contribution in [0, 0.1) is 5.92 Å². The monoisotopic (exact) mass is 520 g/mol. The summed E-state index contributed by atoms with van der Waals surface area (Å²) in [5, 5.41) is 0. The Kier molecular flexibility index (Phi) is 6.92. The first-order valence-corrected chi connectivity index (χ1v) is 12.9. The van der Waals surface area contributed by atoms with E-state index < -0.39 is 12.0 Å². The number of ether oxygens (including phenoxy) is 1. The van der Waals surface area contributed by atoms with Crippen LogP contribution in [-0.2, 0) is 40.3 Å². The second-order valence-electron chi connectivity index (χ2n) is 9.98.